The minimum Gasteiger partial charge on any atom is -0.507 e. The van der Waals surface area contributed by atoms with Crippen LogP contribution in [0.3, 0.4) is 0 Å². The number of hydrogen-bond acceptors (Lipinski definition) is 6. The summed E-state index contributed by atoms with van der Waals surface area (Å²) in [6, 6.07) is 20.8. The Balaban J connectivity index is 1.21. The number of hydrogen-bond donors (Lipinski definition) is 1. The first-order chi connectivity index (χ1) is 22.5. The van der Waals surface area contributed by atoms with E-state index in [2.05, 4.69) is 83.1 Å². The molecule has 0 amide bonds. The average Bonchev–Trinajstić information content (AvgIpc) is 3.18. The second-order valence-electron chi connectivity index (χ2n) is 17.1. The van der Waals surface area contributed by atoms with E-state index in [0.717, 1.165) is 61.4 Å². The fourth-order valence-electron chi connectivity index (χ4n) is 11.6. The van der Waals surface area contributed by atoms with Gasteiger partial charge in [-0.25, -0.2) is 4.89 Å². The van der Waals surface area contributed by atoms with E-state index in [0.29, 0.717) is 25.0 Å². The summed E-state index contributed by atoms with van der Waals surface area (Å²) >= 11 is 0. The summed E-state index contributed by atoms with van der Waals surface area (Å²) in [4.78, 5) is 12.3. The van der Waals surface area contributed by atoms with Crippen LogP contribution >= 0.6 is 0 Å². The fourth-order valence-corrected chi connectivity index (χ4v) is 11.6. The van der Waals surface area contributed by atoms with Crippen LogP contribution < -0.4 is 4.74 Å². The van der Waals surface area contributed by atoms with Gasteiger partial charge in [0.1, 0.15) is 11.5 Å². The van der Waals surface area contributed by atoms with Gasteiger partial charge in [0, 0.05) is 44.9 Å². The van der Waals surface area contributed by atoms with Crippen LogP contribution in [0.5, 0.6) is 11.5 Å². The van der Waals surface area contributed by atoms with Crippen LogP contribution in [0.4, 0.5) is 0 Å². The number of ether oxygens (including phenoxy) is 3. The molecule has 6 nitrogen and oxygen atoms in total. The molecule has 0 radical (unpaired) electrons. The van der Waals surface area contributed by atoms with Crippen molar-refractivity contribution in [1.29, 1.82) is 0 Å². The molecule has 3 heterocycles. The Morgan fingerprint density at radius 3 is 2.17 bits per heavy atom. The van der Waals surface area contributed by atoms with Crippen LogP contribution in [0.25, 0.3) is 32.7 Å². The molecule has 2 saturated heterocycles. The summed E-state index contributed by atoms with van der Waals surface area (Å²) in [5.41, 5.74) is 2.35. The van der Waals surface area contributed by atoms with Crippen LogP contribution in [0, 0.1) is 34.5 Å². The molecule has 11 rings (SSSR count). The molecule has 244 valence electrons. The Morgan fingerprint density at radius 1 is 0.745 bits per heavy atom. The average molecular weight is 633 g/mol. The molecule has 7 aliphatic rings. The van der Waals surface area contributed by atoms with E-state index in [-0.39, 0.29) is 16.6 Å². The second kappa shape index (κ2) is 9.09. The van der Waals surface area contributed by atoms with E-state index >= 15 is 0 Å². The zero-order chi connectivity index (χ0) is 32.1. The minimum atomic E-state index is -1.09. The smallest absolute Gasteiger partial charge is 0.262 e. The quantitative estimate of drug-likeness (QED) is 0.222. The maximum absolute atomic E-state index is 11.9. The second-order valence-corrected chi connectivity index (χ2v) is 17.1. The number of fused-ring (bicyclic) bond motifs is 4. The van der Waals surface area contributed by atoms with Gasteiger partial charge in [-0.15, -0.1) is 0 Å². The largest absolute Gasteiger partial charge is 0.507 e. The van der Waals surface area contributed by atoms with Crippen LogP contribution in [0.15, 0.2) is 60.7 Å². The maximum atomic E-state index is 11.9. The Kier molecular flexibility index (Phi) is 5.57. The van der Waals surface area contributed by atoms with Gasteiger partial charge in [0.2, 0.25) is 5.79 Å². The molecule has 4 aromatic rings. The Hall–Kier alpha value is -3.16. The van der Waals surface area contributed by atoms with Gasteiger partial charge in [-0.2, -0.15) is 4.89 Å². The van der Waals surface area contributed by atoms with E-state index in [1.54, 1.807) is 0 Å². The first kappa shape index (κ1) is 28.8. The molecule has 0 unspecified atom stereocenters. The molecule has 4 saturated carbocycles. The summed E-state index contributed by atoms with van der Waals surface area (Å²) in [7, 11) is 0. The first-order valence-corrected chi connectivity index (χ1v) is 17.6. The summed E-state index contributed by atoms with van der Waals surface area (Å²) < 4.78 is 20.9. The van der Waals surface area contributed by atoms with E-state index in [4.69, 9.17) is 24.0 Å². The zero-order valence-electron chi connectivity index (χ0n) is 28.0. The van der Waals surface area contributed by atoms with Crippen molar-refractivity contribution in [2.75, 3.05) is 6.61 Å². The van der Waals surface area contributed by atoms with Crippen molar-refractivity contribution in [2.24, 2.45) is 34.5 Å². The van der Waals surface area contributed by atoms with Crippen molar-refractivity contribution in [3.05, 3.63) is 71.8 Å². The van der Waals surface area contributed by atoms with Crippen molar-refractivity contribution >= 4 is 21.5 Å². The molecule has 4 aromatic carbocycles. The van der Waals surface area contributed by atoms with Crippen molar-refractivity contribution in [3.63, 3.8) is 0 Å². The normalized spacial score (nSPS) is 36.4. The predicted octanol–water partition coefficient (Wildman–Crippen LogP) is 9.38. The van der Waals surface area contributed by atoms with Gasteiger partial charge >= 0.3 is 0 Å². The van der Waals surface area contributed by atoms with Crippen molar-refractivity contribution < 1.29 is 29.1 Å². The maximum Gasteiger partial charge on any atom is 0.262 e. The molecule has 3 aliphatic heterocycles. The van der Waals surface area contributed by atoms with E-state index < -0.39 is 17.2 Å². The van der Waals surface area contributed by atoms with Crippen LogP contribution in [0.2, 0.25) is 0 Å². The summed E-state index contributed by atoms with van der Waals surface area (Å²) in [5.74, 6) is 1.80. The van der Waals surface area contributed by atoms with E-state index in [1.807, 2.05) is 12.1 Å². The van der Waals surface area contributed by atoms with Gasteiger partial charge in [0.25, 0.3) is 5.79 Å². The number of benzene rings is 4. The minimum absolute atomic E-state index is 0.223. The van der Waals surface area contributed by atoms with Gasteiger partial charge in [-0.3, -0.25) is 0 Å². The summed E-state index contributed by atoms with van der Waals surface area (Å²) in [6.45, 7) is 12.0. The number of aromatic hydroxyl groups is 1. The summed E-state index contributed by atoms with van der Waals surface area (Å²) in [6.07, 6.45) is 6.11. The van der Waals surface area contributed by atoms with Gasteiger partial charge in [-0.05, 0) is 77.6 Å². The monoisotopic (exact) mass is 632 g/mol. The third-order valence-electron chi connectivity index (χ3n) is 13.1. The van der Waals surface area contributed by atoms with Gasteiger partial charge < -0.3 is 19.3 Å². The van der Waals surface area contributed by atoms with Crippen LogP contribution in [-0.2, 0) is 31.6 Å². The highest BCUT2D eigenvalue weighted by molar-refractivity contribution is 6.11. The SMILES string of the molecule is CC(C)(C)[C@@]12OO[C@]1(c1cccc3c(-c4c5c(cc6ccccc46)COC4(O5)C5CC6CC(C5)CC4C6)c(O)ccc13)OCC2(C)C. The highest BCUT2D eigenvalue weighted by atomic mass is 17.3. The topological polar surface area (TPSA) is 66.4 Å². The van der Waals surface area contributed by atoms with Crippen LogP contribution in [0.1, 0.15) is 77.8 Å². The molecule has 4 bridgehead atoms. The molecule has 47 heavy (non-hydrogen) atoms. The lowest BCUT2D eigenvalue weighted by atomic mass is 9.53. The van der Waals surface area contributed by atoms with Gasteiger partial charge in [0.15, 0.2) is 5.60 Å². The zero-order valence-corrected chi connectivity index (χ0v) is 28.0. The van der Waals surface area contributed by atoms with Crippen LogP contribution in [-0.4, -0.2) is 23.1 Å². The predicted molar refractivity (Wildman–Crippen MR) is 180 cm³/mol. The highest BCUT2D eigenvalue weighted by Crippen LogP contribution is 2.70. The van der Waals surface area contributed by atoms with Crippen molar-refractivity contribution in [2.45, 2.75) is 90.5 Å². The lowest BCUT2D eigenvalue weighted by Gasteiger charge is -2.61. The van der Waals surface area contributed by atoms with Crippen molar-refractivity contribution in [1.82, 2.24) is 0 Å². The molecule has 2 atom stereocenters. The number of phenolic OH excluding ortho intramolecular Hbond substituents is 1. The third-order valence-corrected chi connectivity index (χ3v) is 13.1. The number of rotatable bonds is 2. The molecule has 1 spiro atoms. The molecule has 6 fully saturated rings. The molecule has 6 heteroatoms. The van der Waals surface area contributed by atoms with E-state index in [1.165, 1.54) is 32.1 Å². The van der Waals surface area contributed by atoms with Gasteiger partial charge in [0.05, 0.1) is 13.2 Å². The molecular formula is C41H44O6. The standard InChI is InChI=1S/C41H44O6/c1-37(2,3)41-38(4,5)22-44-40(41,46-47-41)32-12-8-11-31-30(32)13-14-33(42)34(31)35-29-10-7-6-9-25(29)20-26-21-43-39(45-36(26)35)27-16-23-15-24(18-27)19-28(39)17-23/h6-14,20,23-24,27-28,42H,15-19,21-22H2,1-5H3/t23?,24?,27?,28?,39?,40-,41-/m0/s1. The first-order valence-electron chi connectivity index (χ1n) is 17.6. The Labute approximate surface area is 276 Å². The van der Waals surface area contributed by atoms with Gasteiger partial charge in [-0.1, -0.05) is 83.1 Å². The molecule has 4 aliphatic carbocycles. The lowest BCUT2D eigenvalue weighted by molar-refractivity contribution is -0.626. The van der Waals surface area contributed by atoms with E-state index in [9.17, 15) is 5.11 Å². The molecular weight excluding hydrogens is 588 g/mol. The number of phenols is 1. The fraction of sp³-hybridized carbons (Fsp3) is 0.512. The Bertz CT molecular complexity index is 1960. The summed E-state index contributed by atoms with van der Waals surface area (Å²) in [5, 5.41) is 16.0. The highest BCUT2D eigenvalue weighted by Gasteiger charge is 2.81. The molecule has 0 aromatic heterocycles. The Morgan fingerprint density at radius 2 is 1.47 bits per heavy atom. The van der Waals surface area contributed by atoms with Crippen molar-refractivity contribution in [3.8, 4) is 22.6 Å². The third kappa shape index (κ3) is 3.41. The lowest BCUT2D eigenvalue weighted by Crippen LogP contribution is -2.73. The molecule has 1 N–H and O–H groups in total.